The molecule has 1 aromatic carbocycles. The van der Waals surface area contributed by atoms with Crippen molar-refractivity contribution in [1.29, 1.82) is 0 Å². The van der Waals surface area contributed by atoms with Crippen LogP contribution in [0.25, 0.3) is 0 Å². The van der Waals surface area contributed by atoms with E-state index in [1.807, 2.05) is 12.1 Å². The zero-order chi connectivity index (χ0) is 10.5. The standard InChI is InChI=1S/C12H17NO2/c1-14-10-15-12-6-4-5-11(9-12)13-7-2-3-8-13/h4-6,9H,2-3,7-8,10H2,1H3. The van der Waals surface area contributed by atoms with Gasteiger partial charge in [0.25, 0.3) is 0 Å². The molecule has 82 valence electrons. The molecule has 0 N–H and O–H groups in total. The van der Waals surface area contributed by atoms with Crippen LogP contribution in [0.3, 0.4) is 0 Å². The summed E-state index contributed by atoms with van der Waals surface area (Å²) in [5.74, 6) is 0.876. The molecule has 1 saturated heterocycles. The van der Waals surface area contributed by atoms with Crippen LogP contribution in [0.4, 0.5) is 5.69 Å². The van der Waals surface area contributed by atoms with Crippen LogP contribution in [0.1, 0.15) is 12.8 Å². The van der Waals surface area contributed by atoms with Gasteiger partial charge in [0.15, 0.2) is 6.79 Å². The number of hydrogen-bond acceptors (Lipinski definition) is 3. The summed E-state index contributed by atoms with van der Waals surface area (Å²) >= 11 is 0. The minimum atomic E-state index is 0.309. The third kappa shape index (κ3) is 2.63. The topological polar surface area (TPSA) is 21.7 Å². The largest absolute Gasteiger partial charge is 0.467 e. The molecule has 1 fully saturated rings. The van der Waals surface area contributed by atoms with Crippen molar-refractivity contribution < 1.29 is 9.47 Å². The van der Waals surface area contributed by atoms with E-state index in [4.69, 9.17) is 9.47 Å². The summed E-state index contributed by atoms with van der Waals surface area (Å²) in [7, 11) is 1.63. The van der Waals surface area contributed by atoms with Crippen LogP contribution in [-0.2, 0) is 4.74 Å². The van der Waals surface area contributed by atoms with Crippen molar-refractivity contribution in [3.63, 3.8) is 0 Å². The van der Waals surface area contributed by atoms with Crippen LogP contribution in [0.2, 0.25) is 0 Å². The van der Waals surface area contributed by atoms with E-state index in [0.29, 0.717) is 6.79 Å². The molecule has 3 nitrogen and oxygen atoms in total. The highest BCUT2D eigenvalue weighted by Gasteiger charge is 2.12. The third-order valence-corrected chi connectivity index (χ3v) is 2.63. The molecule has 0 aliphatic carbocycles. The molecule has 0 saturated carbocycles. The Bertz CT molecular complexity index is 308. The summed E-state index contributed by atoms with van der Waals surface area (Å²) in [6.45, 7) is 2.63. The minimum absolute atomic E-state index is 0.309. The maximum atomic E-state index is 5.41. The van der Waals surface area contributed by atoms with E-state index < -0.39 is 0 Å². The number of rotatable bonds is 4. The van der Waals surface area contributed by atoms with Crippen LogP contribution in [0, 0.1) is 0 Å². The molecule has 3 heteroatoms. The first-order valence-corrected chi connectivity index (χ1v) is 5.37. The van der Waals surface area contributed by atoms with Gasteiger partial charge in [0.1, 0.15) is 5.75 Å². The lowest BCUT2D eigenvalue weighted by molar-refractivity contribution is 0.0511. The highest BCUT2D eigenvalue weighted by atomic mass is 16.7. The average Bonchev–Trinajstić information content (AvgIpc) is 2.80. The predicted octanol–water partition coefficient (Wildman–Crippen LogP) is 2.27. The van der Waals surface area contributed by atoms with Crippen molar-refractivity contribution in [1.82, 2.24) is 0 Å². The second-order valence-electron chi connectivity index (χ2n) is 3.74. The molecular weight excluding hydrogens is 190 g/mol. The van der Waals surface area contributed by atoms with Gasteiger partial charge in [-0.15, -0.1) is 0 Å². The van der Waals surface area contributed by atoms with E-state index in [1.54, 1.807) is 7.11 Å². The molecule has 15 heavy (non-hydrogen) atoms. The van der Waals surface area contributed by atoms with E-state index in [0.717, 1.165) is 18.8 Å². The van der Waals surface area contributed by atoms with Gasteiger partial charge >= 0.3 is 0 Å². The Labute approximate surface area is 90.6 Å². The molecular formula is C12H17NO2. The lowest BCUT2D eigenvalue weighted by atomic mass is 10.3. The number of anilines is 1. The fourth-order valence-corrected chi connectivity index (χ4v) is 1.87. The van der Waals surface area contributed by atoms with E-state index in [1.165, 1.54) is 18.5 Å². The molecule has 0 spiro atoms. The van der Waals surface area contributed by atoms with E-state index in [9.17, 15) is 0 Å². The number of hydrogen-bond donors (Lipinski definition) is 0. The van der Waals surface area contributed by atoms with Gasteiger partial charge in [-0.2, -0.15) is 0 Å². The van der Waals surface area contributed by atoms with E-state index in [-0.39, 0.29) is 0 Å². The van der Waals surface area contributed by atoms with E-state index in [2.05, 4.69) is 17.0 Å². The quantitative estimate of drug-likeness (QED) is 0.707. The van der Waals surface area contributed by atoms with Gasteiger partial charge in [0, 0.05) is 32.0 Å². The molecule has 0 radical (unpaired) electrons. The van der Waals surface area contributed by atoms with Crippen molar-refractivity contribution in [3.05, 3.63) is 24.3 Å². The van der Waals surface area contributed by atoms with Gasteiger partial charge in [0.05, 0.1) is 0 Å². The molecule has 0 bridgehead atoms. The zero-order valence-electron chi connectivity index (χ0n) is 9.11. The van der Waals surface area contributed by atoms with Crippen molar-refractivity contribution in [2.24, 2.45) is 0 Å². The first-order valence-electron chi connectivity index (χ1n) is 5.37. The van der Waals surface area contributed by atoms with Crippen molar-refractivity contribution in [3.8, 4) is 5.75 Å². The average molecular weight is 207 g/mol. The number of ether oxygens (including phenoxy) is 2. The zero-order valence-corrected chi connectivity index (χ0v) is 9.11. The number of methoxy groups -OCH3 is 1. The van der Waals surface area contributed by atoms with Gasteiger partial charge in [-0.25, -0.2) is 0 Å². The first-order chi connectivity index (χ1) is 7.40. The fraction of sp³-hybridized carbons (Fsp3) is 0.500. The Kier molecular flexibility index (Phi) is 3.45. The van der Waals surface area contributed by atoms with Crippen molar-refractivity contribution in [2.75, 3.05) is 31.9 Å². The highest BCUT2D eigenvalue weighted by molar-refractivity contribution is 5.51. The third-order valence-electron chi connectivity index (χ3n) is 2.63. The van der Waals surface area contributed by atoms with Gasteiger partial charge in [0.2, 0.25) is 0 Å². The van der Waals surface area contributed by atoms with Gasteiger partial charge in [-0.05, 0) is 25.0 Å². The molecule has 2 rings (SSSR count). The summed E-state index contributed by atoms with van der Waals surface area (Å²) in [5.41, 5.74) is 1.25. The van der Waals surface area contributed by atoms with Gasteiger partial charge in [-0.1, -0.05) is 6.07 Å². The van der Waals surface area contributed by atoms with E-state index >= 15 is 0 Å². The van der Waals surface area contributed by atoms with Crippen LogP contribution >= 0.6 is 0 Å². The molecule has 1 heterocycles. The molecule has 0 aromatic heterocycles. The minimum Gasteiger partial charge on any atom is -0.467 e. The lowest BCUT2D eigenvalue weighted by Crippen LogP contribution is -2.17. The SMILES string of the molecule is COCOc1cccc(N2CCCC2)c1. The summed E-state index contributed by atoms with van der Waals surface area (Å²) in [4.78, 5) is 2.39. The maximum absolute atomic E-state index is 5.41. The maximum Gasteiger partial charge on any atom is 0.188 e. The molecule has 1 aromatic rings. The van der Waals surface area contributed by atoms with Crippen molar-refractivity contribution in [2.45, 2.75) is 12.8 Å². The summed E-state index contributed by atoms with van der Waals surface area (Å²) < 4.78 is 10.3. The monoisotopic (exact) mass is 207 g/mol. The molecule has 0 unspecified atom stereocenters. The van der Waals surface area contributed by atoms with Crippen LogP contribution < -0.4 is 9.64 Å². The molecule has 1 aliphatic rings. The van der Waals surface area contributed by atoms with Crippen molar-refractivity contribution >= 4 is 5.69 Å². The number of benzene rings is 1. The Balaban J connectivity index is 2.04. The molecule has 0 amide bonds. The highest BCUT2D eigenvalue weighted by Crippen LogP contribution is 2.24. The summed E-state index contributed by atoms with van der Waals surface area (Å²) in [6.07, 6.45) is 2.59. The van der Waals surface area contributed by atoms with Crippen LogP contribution in [0.5, 0.6) is 5.75 Å². The fourth-order valence-electron chi connectivity index (χ4n) is 1.87. The second-order valence-corrected chi connectivity index (χ2v) is 3.74. The Morgan fingerprint density at radius 3 is 2.80 bits per heavy atom. The van der Waals surface area contributed by atoms with Gasteiger partial charge < -0.3 is 14.4 Å². The molecule has 1 aliphatic heterocycles. The van der Waals surface area contributed by atoms with Gasteiger partial charge in [-0.3, -0.25) is 0 Å². The van der Waals surface area contributed by atoms with Crippen LogP contribution in [0.15, 0.2) is 24.3 Å². The normalized spacial score (nSPS) is 15.7. The van der Waals surface area contributed by atoms with Crippen LogP contribution in [-0.4, -0.2) is 27.0 Å². The Morgan fingerprint density at radius 1 is 1.27 bits per heavy atom. The second kappa shape index (κ2) is 5.03. The summed E-state index contributed by atoms with van der Waals surface area (Å²) in [6, 6.07) is 8.19. The predicted molar refractivity (Wildman–Crippen MR) is 60.4 cm³/mol. The smallest absolute Gasteiger partial charge is 0.188 e. The molecule has 0 atom stereocenters. The lowest BCUT2D eigenvalue weighted by Gasteiger charge is -2.18. The Morgan fingerprint density at radius 2 is 2.07 bits per heavy atom. The number of nitrogens with zero attached hydrogens (tertiary/aromatic N) is 1. The summed E-state index contributed by atoms with van der Waals surface area (Å²) in [5, 5.41) is 0. The Hall–Kier alpha value is -1.22. The first kappa shape index (κ1) is 10.3.